The van der Waals surface area contributed by atoms with Gasteiger partial charge >= 0.3 is 5.97 Å². The molecule has 0 fully saturated rings. The van der Waals surface area contributed by atoms with Crippen molar-refractivity contribution in [3.8, 4) is 0 Å². The van der Waals surface area contributed by atoms with Crippen molar-refractivity contribution < 1.29 is 14.7 Å². The lowest BCUT2D eigenvalue weighted by atomic mass is 10.1. The van der Waals surface area contributed by atoms with E-state index in [-0.39, 0.29) is 28.1 Å². The molecule has 0 saturated heterocycles. The number of hydrogen-bond donors (Lipinski definition) is 2. The van der Waals surface area contributed by atoms with Gasteiger partial charge in [-0.2, -0.15) is 0 Å². The second kappa shape index (κ2) is 11.6. The first kappa shape index (κ1) is 25.2. The molecule has 3 rings (SSSR count). The number of nitrogens with zero attached hydrogens (tertiary/aromatic N) is 3. The van der Waals surface area contributed by atoms with E-state index in [1.165, 1.54) is 12.1 Å². The van der Waals surface area contributed by atoms with Crippen LogP contribution in [0.4, 0.5) is 11.6 Å². The highest BCUT2D eigenvalue weighted by Crippen LogP contribution is 2.26. The molecule has 0 saturated carbocycles. The van der Waals surface area contributed by atoms with Gasteiger partial charge in [0.05, 0.1) is 15.6 Å². The Labute approximate surface area is 208 Å². The molecule has 34 heavy (non-hydrogen) atoms. The summed E-state index contributed by atoms with van der Waals surface area (Å²) in [5.74, 6) is -1.19. The standard InChI is InChI=1S/C25H24Cl2N4O3/c1-16(2)31(25-28-14-5-15-29-25)18-12-10-17(11-13-18)6-3-9-21(24(33)34)30-23(32)22-19(26)7-4-8-20(22)27/h3-8,10-16,21H,9H2,1-2H3,(H,30,32)(H,33,34)/t21-/m0/s1. The summed E-state index contributed by atoms with van der Waals surface area (Å²) in [5.41, 5.74) is 1.87. The van der Waals surface area contributed by atoms with E-state index in [2.05, 4.69) is 29.1 Å². The Morgan fingerprint density at radius 1 is 1.03 bits per heavy atom. The largest absolute Gasteiger partial charge is 0.480 e. The Bertz CT molecular complexity index is 1150. The van der Waals surface area contributed by atoms with Crippen LogP contribution in [0.25, 0.3) is 6.08 Å². The number of aromatic nitrogens is 2. The number of carboxylic acids is 1. The molecule has 0 spiro atoms. The fraction of sp³-hybridized carbons (Fsp3) is 0.200. The van der Waals surface area contributed by atoms with E-state index in [9.17, 15) is 14.7 Å². The average molecular weight is 499 g/mol. The topological polar surface area (TPSA) is 95.4 Å². The zero-order valence-corrected chi connectivity index (χ0v) is 20.2. The van der Waals surface area contributed by atoms with Gasteiger partial charge in [0.1, 0.15) is 6.04 Å². The zero-order chi connectivity index (χ0) is 24.7. The van der Waals surface area contributed by atoms with Crippen LogP contribution in [0.3, 0.4) is 0 Å². The monoisotopic (exact) mass is 498 g/mol. The molecule has 1 heterocycles. The van der Waals surface area contributed by atoms with Crippen LogP contribution >= 0.6 is 23.2 Å². The Kier molecular flexibility index (Phi) is 8.62. The van der Waals surface area contributed by atoms with E-state index >= 15 is 0 Å². The highest BCUT2D eigenvalue weighted by atomic mass is 35.5. The summed E-state index contributed by atoms with van der Waals surface area (Å²) in [4.78, 5) is 34.9. The predicted octanol–water partition coefficient (Wildman–Crippen LogP) is 5.62. The van der Waals surface area contributed by atoms with Crippen molar-refractivity contribution in [1.82, 2.24) is 15.3 Å². The summed E-state index contributed by atoms with van der Waals surface area (Å²) in [6.07, 6.45) is 6.98. The van der Waals surface area contributed by atoms with Crippen LogP contribution in [0.2, 0.25) is 10.0 Å². The summed E-state index contributed by atoms with van der Waals surface area (Å²) >= 11 is 12.1. The maximum absolute atomic E-state index is 12.5. The molecule has 0 aliphatic carbocycles. The summed E-state index contributed by atoms with van der Waals surface area (Å²) in [5, 5.41) is 12.3. The number of rotatable bonds is 9. The smallest absolute Gasteiger partial charge is 0.326 e. The second-order valence-corrected chi connectivity index (χ2v) is 8.52. The SMILES string of the molecule is CC(C)N(c1ccc(C=CC[C@H](NC(=O)c2c(Cl)cccc2Cl)C(=O)O)cc1)c1ncccn1. The molecule has 0 unspecified atom stereocenters. The van der Waals surface area contributed by atoms with E-state index < -0.39 is 17.9 Å². The molecule has 9 heteroatoms. The summed E-state index contributed by atoms with van der Waals surface area (Å²) in [6.45, 7) is 4.11. The third-order valence-corrected chi connectivity index (χ3v) is 5.56. The van der Waals surface area contributed by atoms with Gasteiger partial charge in [-0.15, -0.1) is 0 Å². The van der Waals surface area contributed by atoms with Gasteiger partial charge in [0, 0.05) is 24.1 Å². The van der Waals surface area contributed by atoms with Gasteiger partial charge in [-0.3, -0.25) is 4.79 Å². The maximum Gasteiger partial charge on any atom is 0.326 e. The first-order valence-electron chi connectivity index (χ1n) is 10.6. The summed E-state index contributed by atoms with van der Waals surface area (Å²) in [6, 6.07) is 13.2. The normalized spacial score (nSPS) is 12.0. The minimum Gasteiger partial charge on any atom is -0.480 e. The van der Waals surface area contributed by atoms with Crippen molar-refractivity contribution in [1.29, 1.82) is 0 Å². The number of amides is 1. The highest BCUT2D eigenvalue weighted by Gasteiger charge is 2.22. The van der Waals surface area contributed by atoms with Crippen LogP contribution in [-0.2, 0) is 4.79 Å². The van der Waals surface area contributed by atoms with Gasteiger partial charge in [0.15, 0.2) is 0 Å². The Morgan fingerprint density at radius 3 is 2.21 bits per heavy atom. The minimum atomic E-state index is -1.16. The number of hydrogen-bond acceptors (Lipinski definition) is 5. The number of anilines is 2. The molecule has 0 bridgehead atoms. The number of carboxylic acid groups (broad SMARTS) is 1. The summed E-state index contributed by atoms with van der Waals surface area (Å²) < 4.78 is 0. The van der Waals surface area contributed by atoms with E-state index in [1.807, 2.05) is 29.2 Å². The third-order valence-electron chi connectivity index (χ3n) is 4.93. The minimum absolute atomic E-state index is 0.0498. The van der Waals surface area contributed by atoms with Gasteiger partial charge in [0.2, 0.25) is 5.95 Å². The molecule has 0 aliphatic rings. The predicted molar refractivity (Wildman–Crippen MR) is 135 cm³/mol. The van der Waals surface area contributed by atoms with Gasteiger partial charge in [-0.1, -0.05) is 53.6 Å². The number of carbonyl (C=O) groups is 2. The first-order valence-corrected chi connectivity index (χ1v) is 11.3. The molecular formula is C25H24Cl2N4O3. The summed E-state index contributed by atoms with van der Waals surface area (Å²) in [7, 11) is 0. The number of nitrogens with one attached hydrogen (secondary N) is 1. The molecule has 0 aliphatic heterocycles. The number of halogens is 2. The van der Waals surface area contributed by atoms with E-state index in [1.54, 1.807) is 36.7 Å². The van der Waals surface area contributed by atoms with Crippen LogP contribution < -0.4 is 10.2 Å². The molecule has 3 aromatic rings. The maximum atomic E-state index is 12.5. The van der Waals surface area contributed by atoms with Crippen LogP contribution in [0.1, 0.15) is 36.2 Å². The van der Waals surface area contributed by atoms with Crippen LogP contribution in [-0.4, -0.2) is 39.0 Å². The molecular weight excluding hydrogens is 475 g/mol. The van der Waals surface area contributed by atoms with Crippen LogP contribution in [0.15, 0.2) is 67.0 Å². The Balaban J connectivity index is 1.68. The third kappa shape index (κ3) is 6.34. The van der Waals surface area contributed by atoms with Crippen molar-refractivity contribution in [2.24, 2.45) is 0 Å². The number of aliphatic carboxylic acids is 1. The van der Waals surface area contributed by atoms with Crippen LogP contribution in [0, 0.1) is 0 Å². The molecule has 1 aromatic heterocycles. The zero-order valence-electron chi connectivity index (χ0n) is 18.7. The fourth-order valence-corrected chi connectivity index (χ4v) is 3.88. The van der Waals surface area contributed by atoms with E-state index in [0.29, 0.717) is 5.95 Å². The van der Waals surface area contributed by atoms with Gasteiger partial charge in [-0.25, -0.2) is 14.8 Å². The molecule has 1 amide bonds. The molecule has 7 nitrogen and oxygen atoms in total. The molecule has 1 atom stereocenters. The fourth-order valence-electron chi connectivity index (χ4n) is 3.31. The van der Waals surface area contributed by atoms with Crippen molar-refractivity contribution >= 4 is 52.8 Å². The Hall–Kier alpha value is -3.42. The first-order chi connectivity index (χ1) is 16.3. The lowest BCUT2D eigenvalue weighted by Crippen LogP contribution is -2.40. The van der Waals surface area contributed by atoms with E-state index in [4.69, 9.17) is 23.2 Å². The van der Waals surface area contributed by atoms with Crippen molar-refractivity contribution in [3.05, 3.63) is 88.2 Å². The molecule has 176 valence electrons. The molecule has 2 aromatic carbocycles. The highest BCUT2D eigenvalue weighted by molar-refractivity contribution is 6.39. The molecule has 0 radical (unpaired) electrons. The number of carbonyl (C=O) groups excluding carboxylic acids is 1. The Morgan fingerprint density at radius 2 is 1.65 bits per heavy atom. The number of benzene rings is 2. The van der Waals surface area contributed by atoms with Crippen molar-refractivity contribution in [3.63, 3.8) is 0 Å². The average Bonchev–Trinajstić information content (AvgIpc) is 2.80. The lowest BCUT2D eigenvalue weighted by Gasteiger charge is -2.26. The van der Waals surface area contributed by atoms with Crippen molar-refractivity contribution in [2.75, 3.05) is 4.90 Å². The van der Waals surface area contributed by atoms with Gasteiger partial charge in [-0.05, 0) is 56.2 Å². The lowest BCUT2D eigenvalue weighted by molar-refractivity contribution is -0.139. The van der Waals surface area contributed by atoms with Gasteiger partial charge in [0.25, 0.3) is 5.91 Å². The van der Waals surface area contributed by atoms with Crippen molar-refractivity contribution in [2.45, 2.75) is 32.4 Å². The molecule has 2 N–H and O–H groups in total. The van der Waals surface area contributed by atoms with E-state index in [0.717, 1.165) is 11.3 Å². The van der Waals surface area contributed by atoms with Gasteiger partial charge < -0.3 is 15.3 Å². The quantitative estimate of drug-likeness (QED) is 0.397. The van der Waals surface area contributed by atoms with Crippen LogP contribution in [0.5, 0.6) is 0 Å². The second-order valence-electron chi connectivity index (χ2n) is 7.70.